The van der Waals surface area contributed by atoms with Gasteiger partial charge in [0.15, 0.2) is 11.5 Å². The Morgan fingerprint density at radius 2 is 1.96 bits per heavy atom. The van der Waals surface area contributed by atoms with Gasteiger partial charge in [-0.15, -0.1) is 11.3 Å². The first-order valence-corrected chi connectivity index (χ1v) is 9.37. The van der Waals surface area contributed by atoms with Crippen molar-refractivity contribution in [3.05, 3.63) is 81.5 Å². The first-order chi connectivity index (χ1) is 12.3. The number of thiophene rings is 1. The molecule has 2 heterocycles. The van der Waals surface area contributed by atoms with E-state index in [1.807, 2.05) is 18.2 Å². The number of fused-ring (bicyclic) bond motifs is 1. The number of rotatable bonds is 5. The molecule has 1 unspecified atom stereocenters. The fraction of sp³-hybridized carbons (Fsp3) is 0.238. The van der Waals surface area contributed by atoms with E-state index in [0.29, 0.717) is 6.61 Å². The van der Waals surface area contributed by atoms with E-state index in [1.165, 1.54) is 16.0 Å². The third-order valence-corrected chi connectivity index (χ3v) is 5.48. The SMILES string of the molecule is COc1cc2c(cc1OCc1ccccc1)C(c1cccs1)NCC2. The second-order valence-electron chi connectivity index (χ2n) is 6.13. The highest BCUT2D eigenvalue weighted by molar-refractivity contribution is 7.10. The van der Waals surface area contributed by atoms with Gasteiger partial charge < -0.3 is 14.8 Å². The largest absolute Gasteiger partial charge is 0.493 e. The van der Waals surface area contributed by atoms with Gasteiger partial charge in [0, 0.05) is 11.4 Å². The molecule has 1 atom stereocenters. The van der Waals surface area contributed by atoms with Crippen molar-refractivity contribution in [3.8, 4) is 11.5 Å². The van der Waals surface area contributed by atoms with Crippen molar-refractivity contribution in [1.29, 1.82) is 0 Å². The fourth-order valence-corrected chi connectivity index (χ4v) is 4.10. The molecule has 0 spiro atoms. The van der Waals surface area contributed by atoms with Crippen LogP contribution in [-0.4, -0.2) is 13.7 Å². The Labute approximate surface area is 152 Å². The lowest BCUT2D eigenvalue weighted by Gasteiger charge is -2.27. The van der Waals surface area contributed by atoms with Crippen LogP contribution in [0.2, 0.25) is 0 Å². The Bertz CT molecular complexity index is 831. The van der Waals surface area contributed by atoms with Crippen LogP contribution in [0.4, 0.5) is 0 Å². The molecule has 0 radical (unpaired) electrons. The Hall–Kier alpha value is -2.30. The maximum absolute atomic E-state index is 6.10. The standard InChI is InChI=1S/C21H21NO2S/c1-23-18-12-16-9-10-22-21(20-8-5-11-25-20)17(16)13-19(18)24-14-15-6-3-2-4-7-15/h2-8,11-13,21-22H,9-10,14H2,1H3. The Morgan fingerprint density at radius 1 is 1.08 bits per heavy atom. The van der Waals surface area contributed by atoms with Gasteiger partial charge in [0.05, 0.1) is 13.2 Å². The molecular formula is C21H21NO2S. The van der Waals surface area contributed by atoms with E-state index in [-0.39, 0.29) is 6.04 Å². The van der Waals surface area contributed by atoms with Crippen LogP contribution in [0.5, 0.6) is 11.5 Å². The highest BCUT2D eigenvalue weighted by Gasteiger charge is 2.24. The molecule has 4 rings (SSSR count). The van der Waals surface area contributed by atoms with Gasteiger partial charge in [-0.2, -0.15) is 0 Å². The number of ether oxygens (including phenoxy) is 2. The molecule has 3 nitrogen and oxygen atoms in total. The number of hydrogen-bond donors (Lipinski definition) is 1. The zero-order valence-corrected chi connectivity index (χ0v) is 15.0. The van der Waals surface area contributed by atoms with Gasteiger partial charge in [0.1, 0.15) is 6.61 Å². The van der Waals surface area contributed by atoms with Crippen molar-refractivity contribution >= 4 is 11.3 Å². The van der Waals surface area contributed by atoms with Crippen molar-refractivity contribution < 1.29 is 9.47 Å². The molecule has 25 heavy (non-hydrogen) atoms. The molecule has 0 fully saturated rings. The highest BCUT2D eigenvalue weighted by atomic mass is 32.1. The smallest absolute Gasteiger partial charge is 0.162 e. The van der Waals surface area contributed by atoms with Crippen molar-refractivity contribution in [2.75, 3.05) is 13.7 Å². The van der Waals surface area contributed by atoms with Crippen LogP contribution in [-0.2, 0) is 13.0 Å². The minimum atomic E-state index is 0.230. The first kappa shape index (κ1) is 16.2. The third kappa shape index (κ3) is 3.41. The molecule has 1 N–H and O–H groups in total. The molecule has 2 aromatic carbocycles. The summed E-state index contributed by atoms with van der Waals surface area (Å²) in [5.74, 6) is 1.61. The summed E-state index contributed by atoms with van der Waals surface area (Å²) in [4.78, 5) is 1.33. The Morgan fingerprint density at radius 3 is 2.72 bits per heavy atom. The zero-order valence-electron chi connectivity index (χ0n) is 14.2. The van der Waals surface area contributed by atoms with E-state index in [0.717, 1.165) is 30.0 Å². The second kappa shape index (κ2) is 7.30. The summed E-state index contributed by atoms with van der Waals surface area (Å²) >= 11 is 1.78. The van der Waals surface area contributed by atoms with Crippen molar-refractivity contribution in [3.63, 3.8) is 0 Å². The lowest BCUT2D eigenvalue weighted by Crippen LogP contribution is -2.30. The van der Waals surface area contributed by atoms with E-state index in [4.69, 9.17) is 9.47 Å². The van der Waals surface area contributed by atoms with Gasteiger partial charge in [-0.25, -0.2) is 0 Å². The summed E-state index contributed by atoms with van der Waals surface area (Å²) < 4.78 is 11.7. The van der Waals surface area contributed by atoms with Crippen LogP contribution in [0.15, 0.2) is 60.0 Å². The Balaban J connectivity index is 1.66. The van der Waals surface area contributed by atoms with E-state index in [2.05, 4.69) is 47.1 Å². The average molecular weight is 351 g/mol. The summed E-state index contributed by atoms with van der Waals surface area (Å²) in [5, 5.41) is 5.76. The molecule has 0 aliphatic carbocycles. The quantitative estimate of drug-likeness (QED) is 0.730. The maximum atomic E-state index is 6.10. The van der Waals surface area contributed by atoms with Crippen LogP contribution < -0.4 is 14.8 Å². The zero-order chi connectivity index (χ0) is 17.1. The molecule has 4 heteroatoms. The van der Waals surface area contributed by atoms with Gasteiger partial charge in [0.2, 0.25) is 0 Å². The summed E-state index contributed by atoms with van der Waals surface area (Å²) in [7, 11) is 1.70. The number of hydrogen-bond acceptors (Lipinski definition) is 4. The molecule has 0 saturated heterocycles. The Kier molecular flexibility index (Phi) is 4.72. The molecule has 0 bridgehead atoms. The molecule has 128 valence electrons. The first-order valence-electron chi connectivity index (χ1n) is 8.49. The van der Waals surface area contributed by atoms with E-state index in [9.17, 15) is 0 Å². The molecule has 1 aliphatic rings. The van der Waals surface area contributed by atoms with Gasteiger partial charge in [-0.3, -0.25) is 0 Å². The molecule has 0 saturated carbocycles. The van der Waals surface area contributed by atoms with Crippen LogP contribution in [0.3, 0.4) is 0 Å². The van der Waals surface area contributed by atoms with Gasteiger partial charge in [0.25, 0.3) is 0 Å². The summed E-state index contributed by atoms with van der Waals surface area (Å²) in [6.45, 7) is 1.51. The molecule has 1 aromatic heterocycles. The number of benzene rings is 2. The van der Waals surface area contributed by atoms with E-state index >= 15 is 0 Å². The van der Waals surface area contributed by atoms with Gasteiger partial charge in [-0.05, 0) is 46.7 Å². The molecular weight excluding hydrogens is 330 g/mol. The number of methoxy groups -OCH3 is 1. The normalized spacial score (nSPS) is 16.3. The minimum absolute atomic E-state index is 0.230. The summed E-state index contributed by atoms with van der Waals surface area (Å²) in [6, 6.07) is 19.0. The van der Waals surface area contributed by atoms with Gasteiger partial charge in [-0.1, -0.05) is 36.4 Å². The van der Waals surface area contributed by atoms with Crippen LogP contribution in [0.1, 0.15) is 27.6 Å². The summed E-state index contributed by atoms with van der Waals surface area (Å²) in [6.07, 6.45) is 1.01. The molecule has 3 aromatic rings. The van der Waals surface area contributed by atoms with E-state index < -0.39 is 0 Å². The molecule has 0 amide bonds. The average Bonchev–Trinajstić information content (AvgIpc) is 3.20. The van der Waals surface area contributed by atoms with Crippen molar-refractivity contribution in [2.45, 2.75) is 19.1 Å². The predicted octanol–water partition coefficient (Wildman–Crippen LogP) is 4.57. The third-order valence-electron chi connectivity index (χ3n) is 4.54. The molecule has 1 aliphatic heterocycles. The fourth-order valence-electron chi connectivity index (χ4n) is 3.28. The lowest BCUT2D eigenvalue weighted by atomic mass is 9.92. The van der Waals surface area contributed by atoms with Gasteiger partial charge >= 0.3 is 0 Å². The summed E-state index contributed by atoms with van der Waals surface area (Å²) in [5.41, 5.74) is 3.77. The highest BCUT2D eigenvalue weighted by Crippen LogP contribution is 2.38. The minimum Gasteiger partial charge on any atom is -0.493 e. The van der Waals surface area contributed by atoms with Crippen molar-refractivity contribution in [1.82, 2.24) is 5.32 Å². The van der Waals surface area contributed by atoms with E-state index in [1.54, 1.807) is 18.4 Å². The second-order valence-corrected chi connectivity index (χ2v) is 7.11. The van der Waals surface area contributed by atoms with Crippen molar-refractivity contribution in [2.24, 2.45) is 0 Å². The monoisotopic (exact) mass is 351 g/mol. The lowest BCUT2D eigenvalue weighted by molar-refractivity contribution is 0.283. The predicted molar refractivity (Wildman–Crippen MR) is 102 cm³/mol. The topological polar surface area (TPSA) is 30.5 Å². The van der Waals surface area contributed by atoms with Crippen LogP contribution in [0, 0.1) is 0 Å². The van der Waals surface area contributed by atoms with Crippen LogP contribution in [0.25, 0.3) is 0 Å². The number of nitrogens with one attached hydrogen (secondary N) is 1. The maximum Gasteiger partial charge on any atom is 0.162 e. The van der Waals surface area contributed by atoms with Crippen LogP contribution >= 0.6 is 11.3 Å².